The molecule has 1 aliphatic heterocycles. The lowest BCUT2D eigenvalue weighted by Crippen LogP contribution is -2.41. The minimum absolute atomic E-state index is 0.0213. The van der Waals surface area contributed by atoms with Gasteiger partial charge < -0.3 is 24.6 Å². The van der Waals surface area contributed by atoms with E-state index < -0.39 is 17.9 Å². The third-order valence-corrected chi connectivity index (χ3v) is 7.89. The maximum Gasteiger partial charge on any atom is 0.326 e. The van der Waals surface area contributed by atoms with Crippen LogP contribution in [0.25, 0.3) is 11.1 Å². The van der Waals surface area contributed by atoms with Crippen LogP contribution >= 0.6 is 11.8 Å². The van der Waals surface area contributed by atoms with Crippen molar-refractivity contribution in [2.45, 2.75) is 64.7 Å². The van der Waals surface area contributed by atoms with E-state index >= 15 is 0 Å². The van der Waals surface area contributed by atoms with E-state index in [-0.39, 0.29) is 12.9 Å². The Bertz CT molecular complexity index is 1340. The number of thioether (sulfide) groups is 1. The molecule has 0 unspecified atom stereocenters. The topological polar surface area (TPSA) is 94.1 Å². The second kappa shape index (κ2) is 14.9. The number of hydrogen-bond acceptors (Lipinski definition) is 6. The zero-order valence-electron chi connectivity index (χ0n) is 24.0. The molecule has 0 aliphatic carbocycles. The highest BCUT2D eigenvalue weighted by Crippen LogP contribution is 2.33. The van der Waals surface area contributed by atoms with Crippen molar-refractivity contribution < 1.29 is 28.9 Å². The van der Waals surface area contributed by atoms with Crippen LogP contribution in [-0.4, -0.2) is 47.9 Å². The van der Waals surface area contributed by atoms with Crippen molar-refractivity contribution in [3.63, 3.8) is 0 Å². The van der Waals surface area contributed by atoms with Gasteiger partial charge in [-0.1, -0.05) is 56.2 Å². The van der Waals surface area contributed by atoms with Gasteiger partial charge in [0.15, 0.2) is 11.5 Å². The quantitative estimate of drug-likeness (QED) is 0.209. The maximum atomic E-state index is 13.4. The lowest BCUT2D eigenvalue weighted by Gasteiger charge is -2.20. The van der Waals surface area contributed by atoms with Crippen LogP contribution in [0.15, 0.2) is 60.7 Å². The molecule has 41 heavy (non-hydrogen) atoms. The summed E-state index contributed by atoms with van der Waals surface area (Å²) in [6, 6.07) is 18.6. The Morgan fingerprint density at radius 1 is 1.00 bits per heavy atom. The highest BCUT2D eigenvalue weighted by molar-refractivity contribution is 7.98. The van der Waals surface area contributed by atoms with Crippen molar-refractivity contribution >= 4 is 23.6 Å². The van der Waals surface area contributed by atoms with Gasteiger partial charge in [-0.15, -0.1) is 0 Å². The number of rotatable bonds is 15. The minimum Gasteiger partial charge on any atom is -0.480 e. The Morgan fingerprint density at radius 2 is 1.78 bits per heavy atom. The Labute approximate surface area is 246 Å². The molecule has 8 heteroatoms. The van der Waals surface area contributed by atoms with Crippen LogP contribution in [0.2, 0.25) is 0 Å². The molecule has 7 nitrogen and oxygen atoms in total. The van der Waals surface area contributed by atoms with Gasteiger partial charge in [0, 0.05) is 5.56 Å². The average molecular weight is 578 g/mol. The Morgan fingerprint density at radius 3 is 2.54 bits per heavy atom. The molecule has 0 radical (unpaired) electrons. The van der Waals surface area contributed by atoms with Crippen LogP contribution < -0.4 is 14.8 Å². The minimum atomic E-state index is -1.03. The van der Waals surface area contributed by atoms with Gasteiger partial charge in [-0.3, -0.25) is 4.79 Å². The third-order valence-electron chi connectivity index (χ3n) is 7.24. The number of nitrogens with one attached hydrogen (secondary N) is 1. The van der Waals surface area contributed by atoms with Gasteiger partial charge in [-0.2, -0.15) is 11.8 Å². The molecule has 218 valence electrons. The summed E-state index contributed by atoms with van der Waals surface area (Å²) in [5.74, 6) is 0.755. The summed E-state index contributed by atoms with van der Waals surface area (Å²) in [6.07, 6.45) is 6.13. The van der Waals surface area contributed by atoms with Gasteiger partial charge >= 0.3 is 5.97 Å². The van der Waals surface area contributed by atoms with Crippen LogP contribution in [0.3, 0.4) is 0 Å². The van der Waals surface area contributed by atoms with Crippen molar-refractivity contribution in [2.75, 3.05) is 18.8 Å². The first kappa shape index (κ1) is 30.5. The molecule has 3 aromatic carbocycles. The molecule has 1 amide bonds. The SMILES string of the molecule is CCCC[C@H](Cc1ccc2c(c1)OCO2)OCc1ccc(C(=O)N[C@@H](CCSC)C(=O)O)c(-c2ccccc2C)c1. The van der Waals surface area contributed by atoms with E-state index in [0.29, 0.717) is 24.3 Å². The zero-order valence-corrected chi connectivity index (χ0v) is 24.8. The molecule has 0 aromatic heterocycles. The molecule has 3 aromatic rings. The summed E-state index contributed by atoms with van der Waals surface area (Å²) in [5, 5.41) is 12.4. The molecule has 4 rings (SSSR count). The van der Waals surface area contributed by atoms with Crippen molar-refractivity contribution in [3.05, 3.63) is 82.9 Å². The lowest BCUT2D eigenvalue weighted by atomic mass is 9.93. The number of unbranched alkanes of at least 4 members (excludes halogenated alkanes) is 1. The highest BCUT2D eigenvalue weighted by atomic mass is 32.2. The van der Waals surface area contributed by atoms with E-state index in [1.165, 1.54) is 0 Å². The Hall–Kier alpha value is -3.49. The number of carboxylic acid groups (broad SMARTS) is 1. The monoisotopic (exact) mass is 577 g/mol. The van der Waals surface area contributed by atoms with Crippen LogP contribution in [0.1, 0.15) is 59.7 Å². The van der Waals surface area contributed by atoms with E-state index in [4.69, 9.17) is 14.2 Å². The number of carbonyl (C=O) groups is 2. The second-order valence-corrected chi connectivity index (χ2v) is 11.3. The fourth-order valence-corrected chi connectivity index (χ4v) is 5.40. The molecule has 0 saturated heterocycles. The summed E-state index contributed by atoms with van der Waals surface area (Å²) in [4.78, 5) is 25.2. The normalized spacial score (nSPS) is 13.5. The number of ether oxygens (including phenoxy) is 3. The summed E-state index contributed by atoms with van der Waals surface area (Å²) in [5.41, 5.74) is 5.25. The van der Waals surface area contributed by atoms with Gasteiger partial charge in [0.05, 0.1) is 12.7 Å². The first-order chi connectivity index (χ1) is 19.9. The Kier molecular flexibility index (Phi) is 11.1. The van der Waals surface area contributed by atoms with Crippen LogP contribution in [0.5, 0.6) is 11.5 Å². The molecular formula is C33H39NO6S. The predicted octanol–water partition coefficient (Wildman–Crippen LogP) is 6.64. The van der Waals surface area contributed by atoms with Crippen molar-refractivity contribution in [1.29, 1.82) is 0 Å². The lowest BCUT2D eigenvalue weighted by molar-refractivity contribution is -0.139. The number of aryl methyl sites for hydroxylation is 1. The predicted molar refractivity (Wildman–Crippen MR) is 163 cm³/mol. The molecule has 0 bridgehead atoms. The van der Waals surface area contributed by atoms with E-state index in [9.17, 15) is 14.7 Å². The number of carbonyl (C=O) groups excluding carboxylic acids is 1. The van der Waals surface area contributed by atoms with Gasteiger partial charge in [0.2, 0.25) is 6.79 Å². The van der Waals surface area contributed by atoms with Crippen LogP contribution in [0, 0.1) is 6.92 Å². The second-order valence-electron chi connectivity index (χ2n) is 10.3. The fraction of sp³-hybridized carbons (Fsp3) is 0.394. The summed E-state index contributed by atoms with van der Waals surface area (Å²) in [7, 11) is 0. The van der Waals surface area contributed by atoms with Crippen molar-refractivity contribution in [2.24, 2.45) is 0 Å². The van der Waals surface area contributed by atoms with E-state index in [0.717, 1.165) is 65.0 Å². The number of fused-ring (bicyclic) bond motifs is 1. The molecule has 0 saturated carbocycles. The van der Waals surface area contributed by atoms with Crippen molar-refractivity contribution in [3.8, 4) is 22.6 Å². The number of benzene rings is 3. The summed E-state index contributed by atoms with van der Waals surface area (Å²) < 4.78 is 17.5. The first-order valence-electron chi connectivity index (χ1n) is 14.1. The summed E-state index contributed by atoms with van der Waals surface area (Å²) >= 11 is 1.55. The first-order valence-corrected chi connectivity index (χ1v) is 15.5. The van der Waals surface area contributed by atoms with Crippen LogP contribution in [-0.2, 0) is 22.6 Å². The number of amides is 1. The number of aliphatic carboxylic acids is 1. The van der Waals surface area contributed by atoms with Gasteiger partial charge in [-0.25, -0.2) is 4.79 Å². The number of carboxylic acids is 1. The highest BCUT2D eigenvalue weighted by Gasteiger charge is 2.23. The zero-order chi connectivity index (χ0) is 29.2. The maximum absolute atomic E-state index is 13.4. The van der Waals surface area contributed by atoms with Crippen LogP contribution in [0.4, 0.5) is 0 Å². The van der Waals surface area contributed by atoms with E-state index in [1.54, 1.807) is 17.8 Å². The molecule has 0 fully saturated rings. The van der Waals surface area contributed by atoms with E-state index in [1.807, 2.05) is 61.7 Å². The smallest absolute Gasteiger partial charge is 0.326 e. The molecule has 2 N–H and O–H groups in total. The third kappa shape index (κ3) is 8.27. The van der Waals surface area contributed by atoms with Gasteiger partial charge in [-0.05, 0) is 90.3 Å². The molecule has 0 spiro atoms. The largest absolute Gasteiger partial charge is 0.480 e. The standard InChI is InChI=1S/C33H39NO6S/c1-4-5-9-25(17-23-12-14-30-31(19-23)40-21-39-30)38-20-24-11-13-27(28(18-24)26-10-7-6-8-22(26)2)32(35)34-29(33(36)37)15-16-41-3/h6-8,10-14,18-19,25,29H,4-5,9,15-17,20-21H2,1-3H3,(H,34,35)(H,36,37)/t25-,29+/m1/s1. The summed E-state index contributed by atoms with van der Waals surface area (Å²) in [6.45, 7) is 4.82. The average Bonchev–Trinajstić information content (AvgIpc) is 3.44. The molecule has 2 atom stereocenters. The van der Waals surface area contributed by atoms with E-state index in [2.05, 4.69) is 18.3 Å². The molecule has 1 aliphatic rings. The molecular weight excluding hydrogens is 538 g/mol. The Balaban J connectivity index is 1.55. The molecule has 1 heterocycles. The van der Waals surface area contributed by atoms with Crippen molar-refractivity contribution in [1.82, 2.24) is 5.32 Å². The number of hydrogen-bond donors (Lipinski definition) is 2. The van der Waals surface area contributed by atoms with Gasteiger partial charge in [0.1, 0.15) is 6.04 Å². The fourth-order valence-electron chi connectivity index (χ4n) is 4.93. The van der Waals surface area contributed by atoms with Gasteiger partial charge in [0.25, 0.3) is 5.91 Å².